The van der Waals surface area contributed by atoms with E-state index in [0.717, 1.165) is 17.2 Å². The summed E-state index contributed by atoms with van der Waals surface area (Å²) in [5.41, 5.74) is 8.52. The molecule has 1 aromatic rings. The average molecular weight is 276 g/mol. The molecule has 0 aliphatic heterocycles. The van der Waals surface area contributed by atoms with Gasteiger partial charge in [0.05, 0.1) is 7.11 Å². The number of hydrogen-bond donors (Lipinski definition) is 1. The summed E-state index contributed by atoms with van der Waals surface area (Å²) in [4.78, 5) is 2.41. The molecule has 3 atom stereocenters. The summed E-state index contributed by atoms with van der Waals surface area (Å²) in [7, 11) is 3.91. The van der Waals surface area contributed by atoms with E-state index in [1.165, 1.54) is 31.4 Å². The smallest absolute Gasteiger partial charge is 0.125 e. The SMILES string of the molecule is COc1cccc(N(C)C2CCCC(C)C2)c1[C@@H](C)N. The molecule has 0 radical (unpaired) electrons. The van der Waals surface area contributed by atoms with Gasteiger partial charge in [-0.1, -0.05) is 25.8 Å². The van der Waals surface area contributed by atoms with Crippen LogP contribution in [0.5, 0.6) is 5.75 Å². The van der Waals surface area contributed by atoms with E-state index < -0.39 is 0 Å². The summed E-state index contributed by atoms with van der Waals surface area (Å²) in [5, 5.41) is 0. The number of ether oxygens (including phenoxy) is 1. The molecular weight excluding hydrogens is 248 g/mol. The van der Waals surface area contributed by atoms with Crippen LogP contribution in [0.25, 0.3) is 0 Å². The fourth-order valence-electron chi connectivity index (χ4n) is 3.43. The van der Waals surface area contributed by atoms with Crippen molar-refractivity contribution >= 4 is 5.69 Å². The maximum Gasteiger partial charge on any atom is 0.125 e. The van der Waals surface area contributed by atoms with Crippen molar-refractivity contribution < 1.29 is 4.74 Å². The van der Waals surface area contributed by atoms with Gasteiger partial charge in [0.25, 0.3) is 0 Å². The number of hydrogen-bond acceptors (Lipinski definition) is 3. The predicted molar refractivity (Wildman–Crippen MR) is 85.4 cm³/mol. The van der Waals surface area contributed by atoms with E-state index in [2.05, 4.69) is 31.0 Å². The largest absolute Gasteiger partial charge is 0.496 e. The van der Waals surface area contributed by atoms with E-state index in [-0.39, 0.29) is 6.04 Å². The zero-order chi connectivity index (χ0) is 14.7. The number of nitrogens with zero attached hydrogens (tertiary/aromatic N) is 1. The quantitative estimate of drug-likeness (QED) is 0.910. The minimum absolute atomic E-state index is 0.0235. The van der Waals surface area contributed by atoms with Crippen molar-refractivity contribution in [2.75, 3.05) is 19.1 Å². The van der Waals surface area contributed by atoms with Crippen molar-refractivity contribution in [3.63, 3.8) is 0 Å². The van der Waals surface area contributed by atoms with Crippen LogP contribution in [-0.4, -0.2) is 20.2 Å². The van der Waals surface area contributed by atoms with Crippen LogP contribution in [-0.2, 0) is 0 Å². The zero-order valence-electron chi connectivity index (χ0n) is 13.2. The van der Waals surface area contributed by atoms with Gasteiger partial charge < -0.3 is 15.4 Å². The highest BCUT2D eigenvalue weighted by molar-refractivity contribution is 5.61. The summed E-state index contributed by atoms with van der Waals surface area (Å²) in [6, 6.07) is 6.82. The molecule has 0 heterocycles. The Morgan fingerprint density at radius 3 is 2.70 bits per heavy atom. The maximum atomic E-state index is 6.18. The molecule has 1 aliphatic carbocycles. The van der Waals surface area contributed by atoms with Crippen LogP contribution >= 0.6 is 0 Å². The second-order valence-corrected chi connectivity index (χ2v) is 6.22. The molecule has 1 aliphatic rings. The predicted octanol–water partition coefficient (Wildman–Crippen LogP) is 3.73. The van der Waals surface area contributed by atoms with Crippen LogP contribution in [0.4, 0.5) is 5.69 Å². The topological polar surface area (TPSA) is 38.5 Å². The summed E-state index contributed by atoms with van der Waals surface area (Å²) >= 11 is 0. The first-order chi connectivity index (χ1) is 9.54. The molecule has 2 rings (SSSR count). The maximum absolute atomic E-state index is 6.18. The second kappa shape index (κ2) is 6.49. The fourth-order valence-corrected chi connectivity index (χ4v) is 3.43. The van der Waals surface area contributed by atoms with Crippen LogP contribution in [0.1, 0.15) is 51.1 Å². The lowest BCUT2D eigenvalue weighted by molar-refractivity contribution is 0.335. The summed E-state index contributed by atoms with van der Waals surface area (Å²) in [6.07, 6.45) is 5.23. The van der Waals surface area contributed by atoms with Gasteiger partial charge in [-0.05, 0) is 37.8 Å². The molecule has 1 saturated carbocycles. The molecule has 0 spiro atoms. The monoisotopic (exact) mass is 276 g/mol. The van der Waals surface area contributed by atoms with Gasteiger partial charge in [0, 0.05) is 30.4 Å². The third-order valence-electron chi connectivity index (χ3n) is 4.55. The van der Waals surface area contributed by atoms with Gasteiger partial charge in [0.2, 0.25) is 0 Å². The Bertz CT molecular complexity index is 445. The second-order valence-electron chi connectivity index (χ2n) is 6.22. The molecule has 3 nitrogen and oxygen atoms in total. The van der Waals surface area contributed by atoms with E-state index in [1.54, 1.807) is 7.11 Å². The molecular formula is C17H28N2O. The third kappa shape index (κ3) is 3.09. The summed E-state index contributed by atoms with van der Waals surface area (Å²) < 4.78 is 5.50. The first-order valence-electron chi connectivity index (χ1n) is 7.70. The standard InChI is InChI=1S/C17H28N2O/c1-12-7-5-8-14(11-12)19(3)15-9-6-10-16(20-4)17(15)13(2)18/h6,9-10,12-14H,5,7-8,11,18H2,1-4H3/t12?,13-,14?/m1/s1. The Morgan fingerprint density at radius 1 is 1.35 bits per heavy atom. The number of methoxy groups -OCH3 is 1. The van der Waals surface area contributed by atoms with Crippen molar-refractivity contribution in [1.29, 1.82) is 0 Å². The van der Waals surface area contributed by atoms with Crippen LogP contribution < -0.4 is 15.4 Å². The normalized spacial score (nSPS) is 24.2. The zero-order valence-corrected chi connectivity index (χ0v) is 13.2. The van der Waals surface area contributed by atoms with Crippen molar-refractivity contribution in [1.82, 2.24) is 0 Å². The summed E-state index contributed by atoms with van der Waals surface area (Å²) in [6.45, 7) is 4.39. The van der Waals surface area contributed by atoms with Gasteiger partial charge in [-0.3, -0.25) is 0 Å². The van der Waals surface area contributed by atoms with Gasteiger partial charge in [0.1, 0.15) is 5.75 Å². The van der Waals surface area contributed by atoms with Gasteiger partial charge >= 0.3 is 0 Å². The average Bonchev–Trinajstić information content (AvgIpc) is 2.45. The Balaban J connectivity index is 2.31. The highest BCUT2D eigenvalue weighted by Gasteiger charge is 2.25. The Morgan fingerprint density at radius 2 is 2.10 bits per heavy atom. The number of benzene rings is 1. The molecule has 2 N–H and O–H groups in total. The van der Waals surface area contributed by atoms with Crippen LogP contribution in [0.15, 0.2) is 18.2 Å². The fraction of sp³-hybridized carbons (Fsp3) is 0.647. The van der Waals surface area contributed by atoms with Crippen LogP contribution in [0.2, 0.25) is 0 Å². The minimum Gasteiger partial charge on any atom is -0.496 e. The lowest BCUT2D eigenvalue weighted by Crippen LogP contribution is -2.36. The van der Waals surface area contributed by atoms with Gasteiger partial charge in [-0.15, -0.1) is 0 Å². The van der Waals surface area contributed by atoms with E-state index in [4.69, 9.17) is 10.5 Å². The molecule has 20 heavy (non-hydrogen) atoms. The van der Waals surface area contributed by atoms with Gasteiger partial charge in [0.15, 0.2) is 0 Å². The lowest BCUT2D eigenvalue weighted by atomic mass is 9.86. The highest BCUT2D eigenvalue weighted by atomic mass is 16.5. The van der Waals surface area contributed by atoms with Gasteiger partial charge in [-0.25, -0.2) is 0 Å². The van der Waals surface area contributed by atoms with Crippen LogP contribution in [0, 0.1) is 5.92 Å². The third-order valence-corrected chi connectivity index (χ3v) is 4.55. The van der Waals surface area contributed by atoms with Gasteiger partial charge in [-0.2, -0.15) is 0 Å². The molecule has 0 saturated heterocycles. The lowest BCUT2D eigenvalue weighted by Gasteiger charge is -2.37. The molecule has 112 valence electrons. The first-order valence-corrected chi connectivity index (χ1v) is 7.70. The number of anilines is 1. The molecule has 1 aromatic carbocycles. The number of rotatable bonds is 4. The van der Waals surface area contributed by atoms with Crippen molar-refractivity contribution in [2.24, 2.45) is 11.7 Å². The van der Waals surface area contributed by atoms with Crippen molar-refractivity contribution in [3.05, 3.63) is 23.8 Å². The first kappa shape index (κ1) is 15.2. The molecule has 3 heteroatoms. The highest BCUT2D eigenvalue weighted by Crippen LogP contribution is 2.36. The molecule has 0 amide bonds. The Labute approximate surface area is 123 Å². The van der Waals surface area contributed by atoms with Crippen LogP contribution in [0.3, 0.4) is 0 Å². The summed E-state index contributed by atoms with van der Waals surface area (Å²) in [5.74, 6) is 1.72. The molecule has 1 fully saturated rings. The number of nitrogens with two attached hydrogens (primary N) is 1. The molecule has 0 bridgehead atoms. The molecule has 2 unspecified atom stereocenters. The van der Waals surface area contributed by atoms with E-state index in [1.807, 2.05) is 13.0 Å². The van der Waals surface area contributed by atoms with E-state index in [0.29, 0.717) is 6.04 Å². The Hall–Kier alpha value is -1.22. The van der Waals surface area contributed by atoms with E-state index >= 15 is 0 Å². The Kier molecular flexibility index (Phi) is 4.92. The minimum atomic E-state index is -0.0235. The molecule has 0 aromatic heterocycles. The van der Waals surface area contributed by atoms with Crippen molar-refractivity contribution in [3.8, 4) is 5.75 Å². The van der Waals surface area contributed by atoms with Crippen molar-refractivity contribution in [2.45, 2.75) is 51.6 Å². The van der Waals surface area contributed by atoms with E-state index in [9.17, 15) is 0 Å².